The molecule has 0 aliphatic heterocycles. The number of aryl methyl sites for hydroxylation is 1. The van der Waals surface area contributed by atoms with E-state index >= 15 is 0 Å². The normalized spacial score (nSPS) is 14.3. The number of rotatable bonds is 8. The molecule has 1 atom stereocenters. The predicted octanol–water partition coefficient (Wildman–Crippen LogP) is 4.22. The second kappa shape index (κ2) is 8.86. The number of carboxylic acid groups (broad SMARTS) is 1. The van der Waals surface area contributed by atoms with Crippen LogP contribution in [-0.2, 0) is 22.5 Å². The number of nitrogens with one attached hydrogen (secondary N) is 1. The number of aromatic nitrogens is 2. The highest BCUT2D eigenvalue weighted by atomic mass is 16.5. The van der Waals surface area contributed by atoms with Crippen molar-refractivity contribution < 1.29 is 19.4 Å². The molecule has 0 spiro atoms. The average molecular weight is 434 g/mol. The molecule has 1 amide bonds. The van der Waals surface area contributed by atoms with Gasteiger partial charge in [0.05, 0.1) is 6.54 Å². The summed E-state index contributed by atoms with van der Waals surface area (Å²) >= 11 is 0. The number of carbonyl (C=O) groups is 2. The quantitative estimate of drug-likeness (QED) is 0.555. The largest absolute Gasteiger partial charge is 0.479 e. The molecule has 0 bridgehead atoms. The molecule has 32 heavy (non-hydrogen) atoms. The number of alkyl carbamates (subject to hydrolysis) is 1. The molecule has 1 aromatic heterocycles. The molecule has 2 N–H and O–H groups in total. The van der Waals surface area contributed by atoms with Crippen LogP contribution in [0.15, 0.2) is 60.9 Å². The molecule has 4 rings (SSSR count). The van der Waals surface area contributed by atoms with Gasteiger partial charge in [0.15, 0.2) is 5.54 Å². The Morgan fingerprint density at radius 2 is 1.75 bits per heavy atom. The van der Waals surface area contributed by atoms with Crippen molar-refractivity contribution in [2.45, 2.75) is 44.7 Å². The Balaban J connectivity index is 1.47. The minimum Gasteiger partial charge on any atom is -0.479 e. The molecule has 7 heteroatoms. The van der Waals surface area contributed by atoms with Crippen LogP contribution in [0.5, 0.6) is 0 Å². The van der Waals surface area contributed by atoms with Gasteiger partial charge in [0, 0.05) is 24.7 Å². The number of carbonyl (C=O) groups excluding carboxylic acids is 1. The molecule has 0 radical (unpaired) electrons. The first-order valence-corrected chi connectivity index (χ1v) is 10.8. The lowest BCUT2D eigenvalue weighted by molar-refractivity contribution is -0.144. The molecule has 166 valence electrons. The lowest BCUT2D eigenvalue weighted by Gasteiger charge is -2.27. The minimum atomic E-state index is -1.54. The van der Waals surface area contributed by atoms with E-state index in [4.69, 9.17) is 4.74 Å². The van der Waals surface area contributed by atoms with Crippen molar-refractivity contribution in [2.24, 2.45) is 0 Å². The Bertz CT molecular complexity index is 1090. The van der Waals surface area contributed by atoms with E-state index in [0.29, 0.717) is 0 Å². The van der Waals surface area contributed by atoms with Gasteiger partial charge in [-0.05, 0) is 35.6 Å². The first kappa shape index (κ1) is 21.6. The van der Waals surface area contributed by atoms with Crippen molar-refractivity contribution >= 4 is 12.1 Å². The number of benzene rings is 2. The zero-order valence-electron chi connectivity index (χ0n) is 18.2. The maximum Gasteiger partial charge on any atom is 0.408 e. The number of imidazole rings is 1. The number of aliphatic carboxylic acids is 1. The number of hydrogen-bond acceptors (Lipinski definition) is 4. The van der Waals surface area contributed by atoms with Crippen LogP contribution in [-0.4, -0.2) is 38.9 Å². The van der Waals surface area contributed by atoms with Crippen LogP contribution >= 0.6 is 0 Å². The molecular weight excluding hydrogens is 406 g/mol. The van der Waals surface area contributed by atoms with E-state index in [2.05, 4.69) is 22.4 Å². The van der Waals surface area contributed by atoms with Crippen molar-refractivity contribution in [1.82, 2.24) is 14.9 Å². The lowest BCUT2D eigenvalue weighted by Crippen LogP contribution is -2.55. The van der Waals surface area contributed by atoms with Gasteiger partial charge >= 0.3 is 12.1 Å². The van der Waals surface area contributed by atoms with Crippen LogP contribution in [0.4, 0.5) is 4.79 Å². The molecule has 7 nitrogen and oxygen atoms in total. The van der Waals surface area contributed by atoms with Crippen molar-refractivity contribution in [2.75, 3.05) is 6.61 Å². The highest BCUT2D eigenvalue weighted by Gasteiger charge is 2.37. The zero-order valence-corrected chi connectivity index (χ0v) is 18.2. The third-order valence-corrected chi connectivity index (χ3v) is 5.96. The number of fused-ring (bicyclic) bond motifs is 3. The van der Waals surface area contributed by atoms with Gasteiger partial charge in [-0.1, -0.05) is 55.5 Å². The Labute approximate surface area is 187 Å². The van der Waals surface area contributed by atoms with Gasteiger partial charge in [0.25, 0.3) is 0 Å². The zero-order chi connectivity index (χ0) is 22.7. The fourth-order valence-electron chi connectivity index (χ4n) is 4.30. The monoisotopic (exact) mass is 433 g/mol. The van der Waals surface area contributed by atoms with E-state index in [1.165, 1.54) is 6.92 Å². The maximum atomic E-state index is 12.7. The number of carboxylic acids is 1. The first-order valence-electron chi connectivity index (χ1n) is 10.8. The smallest absolute Gasteiger partial charge is 0.408 e. The number of amides is 1. The number of nitrogens with zero attached hydrogens (tertiary/aromatic N) is 2. The van der Waals surface area contributed by atoms with Crippen LogP contribution in [0, 0.1) is 0 Å². The van der Waals surface area contributed by atoms with Crippen molar-refractivity contribution in [3.8, 4) is 11.1 Å². The van der Waals surface area contributed by atoms with Gasteiger partial charge in [-0.2, -0.15) is 0 Å². The van der Waals surface area contributed by atoms with Crippen LogP contribution in [0.2, 0.25) is 0 Å². The summed E-state index contributed by atoms with van der Waals surface area (Å²) in [6.45, 7) is 3.69. The van der Waals surface area contributed by atoms with Crippen LogP contribution in [0.25, 0.3) is 11.1 Å². The van der Waals surface area contributed by atoms with E-state index in [-0.39, 0.29) is 19.1 Å². The Hall–Kier alpha value is -3.61. The van der Waals surface area contributed by atoms with Crippen molar-refractivity contribution in [3.05, 3.63) is 77.9 Å². The number of ether oxygens (including phenoxy) is 1. The molecular formula is C25H27N3O4. The molecule has 0 fully saturated rings. The van der Waals surface area contributed by atoms with E-state index in [1.807, 2.05) is 43.3 Å². The molecule has 3 aromatic rings. The summed E-state index contributed by atoms with van der Waals surface area (Å²) in [6, 6.07) is 16.1. The molecule has 1 aliphatic rings. The molecule has 1 unspecified atom stereocenters. The number of hydrogen-bond donors (Lipinski definition) is 2. The summed E-state index contributed by atoms with van der Waals surface area (Å²) in [5.41, 5.74) is 2.94. The van der Waals surface area contributed by atoms with Crippen LogP contribution in [0.3, 0.4) is 0 Å². The fourth-order valence-corrected chi connectivity index (χ4v) is 4.30. The molecule has 0 saturated carbocycles. The third kappa shape index (κ3) is 4.10. The Morgan fingerprint density at radius 1 is 1.12 bits per heavy atom. The van der Waals surface area contributed by atoms with Gasteiger partial charge < -0.3 is 19.7 Å². The molecule has 1 heterocycles. The highest BCUT2D eigenvalue weighted by molar-refractivity contribution is 5.84. The summed E-state index contributed by atoms with van der Waals surface area (Å²) in [4.78, 5) is 29.0. The van der Waals surface area contributed by atoms with E-state index in [9.17, 15) is 14.7 Å². The van der Waals surface area contributed by atoms with Gasteiger partial charge in [0.1, 0.15) is 12.4 Å². The lowest BCUT2D eigenvalue weighted by atomic mass is 9.98. The summed E-state index contributed by atoms with van der Waals surface area (Å²) < 4.78 is 7.31. The minimum absolute atomic E-state index is 0.0574. The van der Waals surface area contributed by atoms with Crippen LogP contribution in [0.1, 0.15) is 43.1 Å². The Morgan fingerprint density at radius 3 is 2.34 bits per heavy atom. The first-order chi connectivity index (χ1) is 15.4. The Kier molecular flexibility index (Phi) is 5.99. The van der Waals surface area contributed by atoms with E-state index in [0.717, 1.165) is 40.9 Å². The van der Waals surface area contributed by atoms with Crippen LogP contribution < -0.4 is 5.32 Å². The summed E-state index contributed by atoms with van der Waals surface area (Å²) in [7, 11) is 0. The second-order valence-corrected chi connectivity index (χ2v) is 8.31. The summed E-state index contributed by atoms with van der Waals surface area (Å²) in [6.07, 6.45) is 4.23. The fraction of sp³-hybridized carbons (Fsp3) is 0.320. The highest BCUT2D eigenvalue weighted by Crippen LogP contribution is 2.44. The van der Waals surface area contributed by atoms with Crippen molar-refractivity contribution in [1.29, 1.82) is 0 Å². The van der Waals surface area contributed by atoms with E-state index in [1.54, 1.807) is 17.0 Å². The van der Waals surface area contributed by atoms with Gasteiger partial charge in [-0.3, -0.25) is 0 Å². The molecule has 1 aliphatic carbocycles. The predicted molar refractivity (Wildman–Crippen MR) is 120 cm³/mol. The van der Waals surface area contributed by atoms with Gasteiger partial charge in [-0.15, -0.1) is 0 Å². The second-order valence-electron chi connectivity index (χ2n) is 8.31. The summed E-state index contributed by atoms with van der Waals surface area (Å²) in [5.74, 6) is -0.439. The SMILES string of the molecule is CCCc1nccn1CC(C)(NC(=O)OCC1c2ccccc2-c2ccccc21)C(=O)O. The third-order valence-electron chi connectivity index (χ3n) is 5.96. The van der Waals surface area contributed by atoms with Gasteiger partial charge in [-0.25, -0.2) is 14.6 Å². The molecule has 0 saturated heterocycles. The average Bonchev–Trinajstić information content (AvgIpc) is 3.34. The maximum absolute atomic E-state index is 12.7. The van der Waals surface area contributed by atoms with Crippen molar-refractivity contribution in [3.63, 3.8) is 0 Å². The van der Waals surface area contributed by atoms with E-state index < -0.39 is 17.6 Å². The topological polar surface area (TPSA) is 93.5 Å². The standard InChI is InChI=1S/C25H27N3O4/c1-3-8-22-26-13-14-28(22)16-25(2,23(29)30)27-24(31)32-15-21-19-11-6-4-9-17(19)18-10-5-7-12-20(18)21/h4-7,9-14,21H,3,8,15-16H2,1-2H3,(H,27,31)(H,29,30). The summed E-state index contributed by atoms with van der Waals surface area (Å²) in [5, 5.41) is 12.4. The molecule has 2 aromatic carbocycles. The van der Waals surface area contributed by atoms with Gasteiger partial charge in [0.2, 0.25) is 0 Å².